The van der Waals surface area contributed by atoms with Gasteiger partial charge in [0.1, 0.15) is 6.10 Å². The van der Waals surface area contributed by atoms with Crippen molar-refractivity contribution in [2.75, 3.05) is 6.54 Å². The summed E-state index contributed by atoms with van der Waals surface area (Å²) >= 11 is 1.50. The van der Waals surface area contributed by atoms with Crippen LogP contribution in [0.1, 0.15) is 22.6 Å². The number of rotatable bonds is 5. The van der Waals surface area contributed by atoms with Crippen molar-refractivity contribution in [3.05, 3.63) is 71.1 Å². The van der Waals surface area contributed by atoms with Gasteiger partial charge in [0.05, 0.1) is 0 Å². The number of nitrogens with one attached hydrogen (secondary N) is 1. The van der Waals surface area contributed by atoms with E-state index in [4.69, 9.17) is 0 Å². The van der Waals surface area contributed by atoms with Gasteiger partial charge in [-0.1, -0.05) is 48.5 Å². The maximum absolute atomic E-state index is 12.0. The highest BCUT2D eigenvalue weighted by Crippen LogP contribution is 2.29. The zero-order valence-corrected chi connectivity index (χ0v) is 13.2. The molecule has 0 aliphatic heterocycles. The molecule has 0 saturated heterocycles. The third-order valence-corrected chi connectivity index (χ3v) is 4.82. The van der Waals surface area contributed by atoms with Gasteiger partial charge in [-0.05, 0) is 23.1 Å². The van der Waals surface area contributed by atoms with E-state index in [1.807, 2.05) is 36.4 Å². The molecule has 1 heterocycles. The van der Waals surface area contributed by atoms with Gasteiger partial charge >= 0.3 is 0 Å². The summed E-state index contributed by atoms with van der Waals surface area (Å²) < 4.78 is 1.09. The second-order valence-corrected chi connectivity index (χ2v) is 6.38. The van der Waals surface area contributed by atoms with Gasteiger partial charge in [0.25, 0.3) is 5.91 Å². The Kier molecular flexibility index (Phi) is 4.71. The molecule has 2 atom stereocenters. The van der Waals surface area contributed by atoms with E-state index in [2.05, 4.69) is 5.32 Å². The third kappa shape index (κ3) is 3.59. The van der Waals surface area contributed by atoms with Crippen molar-refractivity contribution in [1.29, 1.82) is 0 Å². The molecular weight excluding hydrogens is 310 g/mol. The minimum Gasteiger partial charge on any atom is -0.386 e. The molecule has 1 amide bonds. The summed E-state index contributed by atoms with van der Waals surface area (Å²) in [7, 11) is 0. The molecule has 0 unspecified atom stereocenters. The molecule has 1 aromatic heterocycles. The van der Waals surface area contributed by atoms with Crippen LogP contribution in [0.3, 0.4) is 0 Å². The van der Waals surface area contributed by atoms with Gasteiger partial charge < -0.3 is 15.5 Å². The maximum Gasteiger partial charge on any atom is 0.253 e. The Morgan fingerprint density at radius 2 is 1.74 bits per heavy atom. The highest BCUT2D eigenvalue weighted by molar-refractivity contribution is 7.19. The first-order valence-corrected chi connectivity index (χ1v) is 8.14. The van der Waals surface area contributed by atoms with Gasteiger partial charge in [0.15, 0.2) is 6.10 Å². The average molecular weight is 327 g/mol. The Balaban J connectivity index is 1.62. The number of amides is 1. The summed E-state index contributed by atoms with van der Waals surface area (Å²) in [5.41, 5.74) is 0.529. The molecule has 118 valence electrons. The molecule has 0 spiro atoms. The fraction of sp³-hybridized carbons (Fsp3) is 0.167. The van der Waals surface area contributed by atoms with Crippen LogP contribution in [0.2, 0.25) is 0 Å². The summed E-state index contributed by atoms with van der Waals surface area (Å²) in [6.45, 7) is 0.0650. The standard InChI is InChI=1S/C18H17NO3S/c20-14(16-10-13-8-4-5-9-15(13)23-16)11-19-18(22)17(21)12-6-2-1-3-7-12/h1-10,14,17,20-21H,11H2,(H,19,22)/t14-,17+/m0/s1. The molecule has 0 saturated carbocycles. The molecule has 4 nitrogen and oxygen atoms in total. The van der Waals surface area contributed by atoms with Crippen LogP contribution in [0.4, 0.5) is 0 Å². The molecule has 3 N–H and O–H groups in total. The first-order chi connectivity index (χ1) is 11.1. The number of benzene rings is 2. The number of thiophene rings is 1. The molecule has 3 aromatic rings. The predicted octanol–water partition coefficient (Wildman–Crippen LogP) is 2.78. The van der Waals surface area contributed by atoms with Gasteiger partial charge in [-0.3, -0.25) is 4.79 Å². The lowest BCUT2D eigenvalue weighted by Gasteiger charge is -2.14. The van der Waals surface area contributed by atoms with Crippen molar-refractivity contribution in [2.45, 2.75) is 12.2 Å². The van der Waals surface area contributed by atoms with E-state index in [0.717, 1.165) is 15.0 Å². The van der Waals surface area contributed by atoms with Crippen LogP contribution < -0.4 is 5.32 Å². The molecule has 0 aliphatic rings. The average Bonchev–Trinajstić information content (AvgIpc) is 3.03. The van der Waals surface area contributed by atoms with Crippen molar-refractivity contribution in [1.82, 2.24) is 5.32 Å². The highest BCUT2D eigenvalue weighted by atomic mass is 32.1. The predicted molar refractivity (Wildman–Crippen MR) is 91.2 cm³/mol. The van der Waals surface area contributed by atoms with E-state index in [1.165, 1.54) is 11.3 Å². The van der Waals surface area contributed by atoms with Crippen molar-refractivity contribution in [3.8, 4) is 0 Å². The van der Waals surface area contributed by atoms with Crippen LogP contribution in [0.15, 0.2) is 60.7 Å². The number of hydrogen-bond donors (Lipinski definition) is 3. The summed E-state index contributed by atoms with van der Waals surface area (Å²) in [6.07, 6.45) is -2.02. The van der Waals surface area contributed by atoms with E-state index >= 15 is 0 Å². The van der Waals surface area contributed by atoms with Crippen LogP contribution in [-0.4, -0.2) is 22.7 Å². The number of fused-ring (bicyclic) bond motifs is 1. The molecule has 5 heteroatoms. The zero-order valence-electron chi connectivity index (χ0n) is 12.3. The smallest absolute Gasteiger partial charge is 0.253 e. The van der Waals surface area contributed by atoms with E-state index in [1.54, 1.807) is 24.3 Å². The Bertz CT molecular complexity index is 767. The minimum atomic E-state index is -1.23. The highest BCUT2D eigenvalue weighted by Gasteiger charge is 2.19. The summed E-state index contributed by atoms with van der Waals surface area (Å²) in [6, 6.07) is 18.5. The summed E-state index contributed by atoms with van der Waals surface area (Å²) in [5, 5.41) is 23.9. The van der Waals surface area contributed by atoms with Gasteiger partial charge in [-0.25, -0.2) is 0 Å². The van der Waals surface area contributed by atoms with Gasteiger partial charge in [-0.2, -0.15) is 0 Å². The van der Waals surface area contributed by atoms with Crippen LogP contribution in [0, 0.1) is 0 Å². The van der Waals surface area contributed by atoms with Gasteiger partial charge in [0, 0.05) is 16.1 Å². The van der Waals surface area contributed by atoms with Gasteiger partial charge in [-0.15, -0.1) is 11.3 Å². The van der Waals surface area contributed by atoms with Crippen LogP contribution >= 0.6 is 11.3 Å². The molecule has 0 bridgehead atoms. The fourth-order valence-electron chi connectivity index (χ4n) is 2.35. The van der Waals surface area contributed by atoms with Crippen molar-refractivity contribution in [2.24, 2.45) is 0 Å². The molecule has 23 heavy (non-hydrogen) atoms. The lowest BCUT2D eigenvalue weighted by molar-refractivity contribution is -0.130. The monoisotopic (exact) mass is 327 g/mol. The Morgan fingerprint density at radius 3 is 2.48 bits per heavy atom. The van der Waals surface area contributed by atoms with E-state index in [9.17, 15) is 15.0 Å². The van der Waals surface area contributed by atoms with Crippen LogP contribution in [0.25, 0.3) is 10.1 Å². The van der Waals surface area contributed by atoms with Crippen LogP contribution in [0.5, 0.6) is 0 Å². The first-order valence-electron chi connectivity index (χ1n) is 7.32. The molecule has 0 radical (unpaired) electrons. The number of aliphatic hydroxyl groups is 2. The number of aliphatic hydroxyl groups excluding tert-OH is 2. The second-order valence-electron chi connectivity index (χ2n) is 5.26. The van der Waals surface area contributed by atoms with E-state index in [0.29, 0.717) is 5.56 Å². The Labute approximate surface area is 138 Å². The maximum atomic E-state index is 12.0. The second kappa shape index (κ2) is 6.91. The first kappa shape index (κ1) is 15.7. The Hall–Kier alpha value is -2.21. The number of carbonyl (C=O) groups is 1. The van der Waals surface area contributed by atoms with E-state index < -0.39 is 18.1 Å². The third-order valence-electron chi connectivity index (χ3n) is 3.61. The van der Waals surface area contributed by atoms with Crippen molar-refractivity contribution >= 4 is 27.3 Å². The fourth-order valence-corrected chi connectivity index (χ4v) is 3.40. The van der Waals surface area contributed by atoms with Crippen molar-refractivity contribution < 1.29 is 15.0 Å². The SMILES string of the molecule is O=C(NC[C@H](O)c1cc2ccccc2s1)[C@H](O)c1ccccc1. The summed E-state index contributed by atoms with van der Waals surface area (Å²) in [5.74, 6) is -0.517. The minimum absolute atomic E-state index is 0.0650. The quantitative estimate of drug-likeness (QED) is 0.675. The largest absolute Gasteiger partial charge is 0.386 e. The topological polar surface area (TPSA) is 69.6 Å². The molecule has 2 aromatic carbocycles. The van der Waals surface area contributed by atoms with Gasteiger partial charge in [0.2, 0.25) is 0 Å². The molecule has 3 rings (SSSR count). The normalized spacial score (nSPS) is 13.7. The molecular formula is C18H17NO3S. The van der Waals surface area contributed by atoms with Crippen LogP contribution in [-0.2, 0) is 4.79 Å². The molecule has 0 aliphatic carbocycles. The molecule has 0 fully saturated rings. The lowest BCUT2D eigenvalue weighted by atomic mass is 10.1. The Morgan fingerprint density at radius 1 is 1.04 bits per heavy atom. The van der Waals surface area contributed by atoms with E-state index in [-0.39, 0.29) is 6.54 Å². The number of carbonyl (C=O) groups excluding carboxylic acids is 1. The zero-order chi connectivity index (χ0) is 16.2. The van der Waals surface area contributed by atoms with Crippen molar-refractivity contribution in [3.63, 3.8) is 0 Å². The lowest BCUT2D eigenvalue weighted by Crippen LogP contribution is -2.32. The number of hydrogen-bond acceptors (Lipinski definition) is 4. The summed E-state index contributed by atoms with van der Waals surface area (Å²) in [4.78, 5) is 12.8.